The third-order valence-corrected chi connectivity index (χ3v) is 1.46. The molecule has 0 heterocycles. The second-order valence-electron chi connectivity index (χ2n) is 1.02. The number of hydrogen-bond donors (Lipinski definition) is 1. The van der Waals surface area contributed by atoms with Gasteiger partial charge in [0.2, 0.25) is 0 Å². The van der Waals surface area contributed by atoms with Crippen LogP contribution in [0, 0.1) is 0 Å². The van der Waals surface area contributed by atoms with Gasteiger partial charge >= 0.3 is 0 Å². The first-order chi connectivity index (χ1) is 2.56. The molecule has 0 aliphatic carbocycles. The predicted octanol–water partition coefficient (Wildman–Crippen LogP) is 1.72. The van der Waals surface area contributed by atoms with Gasteiger partial charge in [0.25, 0.3) is 0 Å². The summed E-state index contributed by atoms with van der Waals surface area (Å²) in [5, 5.41) is 8.58. The van der Waals surface area contributed by atoms with Crippen molar-refractivity contribution in [3.63, 3.8) is 0 Å². The Balaban J connectivity index is 3.17. The normalized spacial score (nSPS) is 20.0. The quantitative estimate of drug-likeness (QED) is 0.527. The van der Waals surface area contributed by atoms with Crippen LogP contribution in [-0.2, 0) is 0 Å². The number of rotatable bonds is 1. The molecule has 0 bridgehead atoms. The minimum absolute atomic E-state index is 0.578. The van der Waals surface area contributed by atoms with Gasteiger partial charge in [-0.2, -0.15) is 0 Å². The molecule has 1 N–H and O–H groups in total. The van der Waals surface area contributed by atoms with Crippen LogP contribution in [0.5, 0.6) is 0 Å². The standard InChI is InChI=1S/C3H6ClIO/c1-2-3(4,5)6/h6H,2H2,1H3. The maximum Gasteiger partial charge on any atom is 0.190 e. The van der Waals surface area contributed by atoms with Crippen LogP contribution in [0.2, 0.25) is 0 Å². The lowest BCUT2D eigenvalue weighted by Gasteiger charge is -2.05. The van der Waals surface area contributed by atoms with Crippen molar-refractivity contribution in [2.75, 3.05) is 0 Å². The fourth-order valence-corrected chi connectivity index (χ4v) is 0. The molecule has 1 nitrogen and oxygen atoms in total. The highest BCUT2D eigenvalue weighted by atomic mass is 127. The summed E-state index contributed by atoms with van der Waals surface area (Å²) in [5.74, 6) is 0. The lowest BCUT2D eigenvalue weighted by atomic mass is 10.5. The molecule has 0 aliphatic rings. The Kier molecular flexibility index (Phi) is 2.71. The molecule has 1 atom stereocenters. The van der Waals surface area contributed by atoms with E-state index in [1.807, 2.05) is 6.92 Å². The second kappa shape index (κ2) is 2.33. The number of alkyl halides is 2. The van der Waals surface area contributed by atoms with E-state index in [2.05, 4.69) is 0 Å². The zero-order chi connectivity index (χ0) is 5.21. The average Bonchev–Trinajstić information content (AvgIpc) is 1.35. The lowest BCUT2D eigenvalue weighted by Crippen LogP contribution is -2.05. The molecule has 0 spiro atoms. The van der Waals surface area contributed by atoms with Crippen LogP contribution in [0.3, 0.4) is 0 Å². The minimum Gasteiger partial charge on any atom is -0.367 e. The van der Waals surface area contributed by atoms with Crippen molar-refractivity contribution < 1.29 is 5.11 Å². The van der Waals surface area contributed by atoms with Gasteiger partial charge in [0.15, 0.2) is 3.07 Å². The van der Waals surface area contributed by atoms with Gasteiger partial charge in [0.05, 0.1) is 0 Å². The molecule has 0 fully saturated rings. The van der Waals surface area contributed by atoms with Crippen LogP contribution < -0.4 is 0 Å². The molecule has 0 saturated heterocycles. The van der Waals surface area contributed by atoms with E-state index >= 15 is 0 Å². The summed E-state index contributed by atoms with van der Waals surface area (Å²) in [6.07, 6.45) is 0.578. The third-order valence-electron chi connectivity index (χ3n) is 0.425. The van der Waals surface area contributed by atoms with Gasteiger partial charge in [-0.05, 0) is 29.0 Å². The molecule has 0 aromatic rings. The van der Waals surface area contributed by atoms with Crippen molar-refractivity contribution in [1.29, 1.82) is 0 Å². The van der Waals surface area contributed by atoms with Gasteiger partial charge < -0.3 is 5.11 Å². The highest BCUT2D eigenvalue weighted by Crippen LogP contribution is 2.22. The van der Waals surface area contributed by atoms with E-state index in [-0.39, 0.29) is 0 Å². The summed E-state index contributed by atoms with van der Waals surface area (Å²) >= 11 is 7.02. The molecular formula is C3H6ClIO. The molecule has 0 saturated carbocycles. The molecule has 0 rings (SSSR count). The molecule has 0 radical (unpaired) electrons. The summed E-state index contributed by atoms with van der Waals surface area (Å²) < 4.78 is -1.02. The highest BCUT2D eigenvalue weighted by molar-refractivity contribution is 14.1. The lowest BCUT2D eigenvalue weighted by molar-refractivity contribution is 0.236. The molecule has 6 heavy (non-hydrogen) atoms. The van der Waals surface area contributed by atoms with Gasteiger partial charge in [-0.3, -0.25) is 0 Å². The minimum atomic E-state index is -1.02. The molecule has 0 aromatic carbocycles. The van der Waals surface area contributed by atoms with Gasteiger partial charge in [-0.15, -0.1) is 0 Å². The van der Waals surface area contributed by atoms with E-state index in [9.17, 15) is 0 Å². The van der Waals surface area contributed by atoms with Crippen molar-refractivity contribution in [1.82, 2.24) is 0 Å². The topological polar surface area (TPSA) is 20.2 Å². The number of aliphatic hydroxyl groups is 1. The van der Waals surface area contributed by atoms with Crippen LogP contribution in [0.4, 0.5) is 0 Å². The van der Waals surface area contributed by atoms with Crippen molar-refractivity contribution >= 4 is 34.2 Å². The van der Waals surface area contributed by atoms with Crippen molar-refractivity contribution in [2.45, 2.75) is 16.4 Å². The number of hydrogen-bond acceptors (Lipinski definition) is 1. The van der Waals surface area contributed by atoms with E-state index < -0.39 is 3.07 Å². The van der Waals surface area contributed by atoms with E-state index in [1.54, 1.807) is 22.6 Å². The maximum absolute atomic E-state index is 8.58. The molecule has 3 heteroatoms. The van der Waals surface area contributed by atoms with Crippen LogP contribution >= 0.6 is 34.2 Å². The third kappa shape index (κ3) is 4.98. The first-order valence-electron chi connectivity index (χ1n) is 1.66. The smallest absolute Gasteiger partial charge is 0.190 e. The number of halogens is 2. The average molecular weight is 220 g/mol. The Morgan fingerprint density at radius 2 is 2.17 bits per heavy atom. The first-order valence-corrected chi connectivity index (χ1v) is 3.12. The largest absolute Gasteiger partial charge is 0.367 e. The van der Waals surface area contributed by atoms with Gasteiger partial charge in [-0.25, -0.2) is 0 Å². The zero-order valence-electron chi connectivity index (χ0n) is 3.41. The van der Waals surface area contributed by atoms with Crippen molar-refractivity contribution in [3.05, 3.63) is 0 Å². The van der Waals surface area contributed by atoms with E-state index in [1.165, 1.54) is 0 Å². The summed E-state index contributed by atoms with van der Waals surface area (Å²) in [6.45, 7) is 1.82. The van der Waals surface area contributed by atoms with Gasteiger partial charge in [-0.1, -0.05) is 18.5 Å². The molecule has 0 aliphatic heterocycles. The van der Waals surface area contributed by atoms with Crippen LogP contribution in [0.15, 0.2) is 0 Å². The monoisotopic (exact) mass is 220 g/mol. The van der Waals surface area contributed by atoms with Gasteiger partial charge in [0.1, 0.15) is 0 Å². The summed E-state index contributed by atoms with van der Waals surface area (Å²) in [7, 11) is 0. The Morgan fingerprint density at radius 3 is 2.17 bits per heavy atom. The van der Waals surface area contributed by atoms with Crippen LogP contribution in [0.25, 0.3) is 0 Å². The van der Waals surface area contributed by atoms with E-state index in [0.29, 0.717) is 6.42 Å². The summed E-state index contributed by atoms with van der Waals surface area (Å²) in [4.78, 5) is 0. The van der Waals surface area contributed by atoms with E-state index in [0.717, 1.165) is 0 Å². The Hall–Kier alpha value is 0.980. The SMILES string of the molecule is CCC(O)(Cl)I. The Bertz CT molecular complexity index is 40.5. The van der Waals surface area contributed by atoms with Crippen LogP contribution in [-0.4, -0.2) is 8.17 Å². The van der Waals surface area contributed by atoms with Gasteiger partial charge in [0, 0.05) is 0 Å². The van der Waals surface area contributed by atoms with E-state index in [4.69, 9.17) is 16.7 Å². The summed E-state index contributed by atoms with van der Waals surface area (Å²) in [6, 6.07) is 0. The van der Waals surface area contributed by atoms with Crippen molar-refractivity contribution in [3.8, 4) is 0 Å². The highest BCUT2D eigenvalue weighted by Gasteiger charge is 2.12. The fraction of sp³-hybridized carbons (Fsp3) is 1.00. The Labute approximate surface area is 55.8 Å². The summed E-state index contributed by atoms with van der Waals surface area (Å²) in [5.41, 5.74) is 0. The van der Waals surface area contributed by atoms with Crippen LogP contribution in [0.1, 0.15) is 13.3 Å². The zero-order valence-corrected chi connectivity index (χ0v) is 6.32. The second-order valence-corrected chi connectivity index (χ2v) is 4.07. The molecular weight excluding hydrogens is 214 g/mol. The Morgan fingerprint density at radius 1 is 2.00 bits per heavy atom. The van der Waals surface area contributed by atoms with Crippen molar-refractivity contribution in [2.24, 2.45) is 0 Å². The molecule has 1 unspecified atom stereocenters. The molecule has 0 amide bonds. The predicted molar refractivity (Wildman–Crippen MR) is 35.1 cm³/mol. The first kappa shape index (κ1) is 6.98. The molecule has 38 valence electrons. The maximum atomic E-state index is 8.58. The fourth-order valence-electron chi connectivity index (χ4n) is 0. The molecule has 0 aromatic heterocycles.